The first-order valence-corrected chi connectivity index (χ1v) is 7.66. The molecule has 116 valence electrons. The highest BCUT2D eigenvalue weighted by Crippen LogP contribution is 2.37. The van der Waals surface area contributed by atoms with Crippen LogP contribution in [0.1, 0.15) is 56.6 Å². The van der Waals surface area contributed by atoms with Crippen molar-refractivity contribution >= 4 is 6.09 Å². The monoisotopic (exact) mass is 292 g/mol. The zero-order chi connectivity index (χ0) is 15.2. The highest BCUT2D eigenvalue weighted by molar-refractivity contribution is 5.68. The number of carbonyl (C=O) groups excluding carboxylic acids is 1. The van der Waals surface area contributed by atoms with E-state index in [0.29, 0.717) is 25.7 Å². The minimum atomic E-state index is -0.465. The first kappa shape index (κ1) is 14.4. The number of hydrogen-bond donors (Lipinski definition) is 1. The molecule has 0 aromatic carbocycles. The normalized spacial score (nSPS) is 18.6. The fraction of sp³-hybridized carbons (Fsp3) is 0.733. The van der Waals surface area contributed by atoms with Gasteiger partial charge >= 0.3 is 6.09 Å². The smallest absolute Gasteiger partial charge is 0.410 e. The van der Waals surface area contributed by atoms with Gasteiger partial charge in [-0.2, -0.15) is 5.10 Å². The van der Waals surface area contributed by atoms with Crippen LogP contribution in [0.2, 0.25) is 0 Å². The molecule has 0 bridgehead atoms. The average molecular weight is 292 g/mol. The zero-order valence-electron chi connectivity index (χ0n) is 13.1. The molecule has 6 nitrogen and oxygen atoms in total. The van der Waals surface area contributed by atoms with Gasteiger partial charge in [-0.3, -0.25) is 4.68 Å². The second-order valence-corrected chi connectivity index (χ2v) is 6.90. The second kappa shape index (κ2) is 5.02. The van der Waals surface area contributed by atoms with E-state index in [2.05, 4.69) is 4.68 Å². The summed E-state index contributed by atoms with van der Waals surface area (Å²) in [5.41, 5.74) is 8.81. The van der Waals surface area contributed by atoms with Crippen LogP contribution in [-0.2, 0) is 24.2 Å². The van der Waals surface area contributed by atoms with Crippen LogP contribution in [0, 0.1) is 0 Å². The van der Waals surface area contributed by atoms with Crippen molar-refractivity contribution in [2.24, 2.45) is 5.73 Å². The Bertz CT molecular complexity index is 555. The summed E-state index contributed by atoms with van der Waals surface area (Å²) in [6.07, 6.45) is 2.92. The number of aromatic nitrogens is 2. The number of rotatable bonds is 2. The van der Waals surface area contributed by atoms with E-state index in [1.54, 1.807) is 4.90 Å². The lowest BCUT2D eigenvalue weighted by Crippen LogP contribution is -2.40. The van der Waals surface area contributed by atoms with E-state index in [9.17, 15) is 4.79 Å². The van der Waals surface area contributed by atoms with Gasteiger partial charge in [-0.25, -0.2) is 4.79 Å². The Kier molecular flexibility index (Phi) is 3.43. The summed E-state index contributed by atoms with van der Waals surface area (Å²) in [6.45, 7) is 7.37. The summed E-state index contributed by atoms with van der Waals surface area (Å²) in [6, 6.07) is 0.518. The predicted molar refractivity (Wildman–Crippen MR) is 78.7 cm³/mol. The third-order valence-electron chi connectivity index (χ3n) is 3.91. The number of carbonyl (C=O) groups is 1. The molecule has 0 atom stereocenters. The zero-order valence-corrected chi connectivity index (χ0v) is 13.1. The quantitative estimate of drug-likeness (QED) is 0.904. The van der Waals surface area contributed by atoms with Crippen LogP contribution >= 0.6 is 0 Å². The van der Waals surface area contributed by atoms with Crippen LogP contribution in [-0.4, -0.2) is 32.9 Å². The molecule has 1 aromatic heterocycles. The summed E-state index contributed by atoms with van der Waals surface area (Å²) in [4.78, 5) is 13.9. The largest absolute Gasteiger partial charge is 0.444 e. The van der Waals surface area contributed by atoms with Gasteiger partial charge in [-0.15, -0.1) is 0 Å². The summed E-state index contributed by atoms with van der Waals surface area (Å²) < 4.78 is 7.53. The molecule has 1 aromatic rings. The Morgan fingerprint density at radius 3 is 2.71 bits per heavy atom. The Labute approximate surface area is 125 Å². The Balaban J connectivity index is 1.78. The number of amides is 1. The van der Waals surface area contributed by atoms with E-state index in [0.717, 1.165) is 17.8 Å². The standard InChI is InChI=1S/C15H24N4O2/c1-15(2,3)21-14(20)18-7-6-11-12(9-18)17-19(10-4-5-10)13(11)8-16/h10H,4-9,16H2,1-3H3. The summed E-state index contributed by atoms with van der Waals surface area (Å²) in [7, 11) is 0. The van der Waals surface area contributed by atoms with Gasteiger partial charge in [-0.05, 0) is 40.0 Å². The Morgan fingerprint density at radius 1 is 1.43 bits per heavy atom. The highest BCUT2D eigenvalue weighted by atomic mass is 16.6. The number of ether oxygens (including phenoxy) is 1. The first-order valence-electron chi connectivity index (χ1n) is 7.66. The molecular formula is C15H24N4O2. The SMILES string of the molecule is CC(C)(C)OC(=O)N1CCc2c(nn(C3CC3)c2CN)C1. The lowest BCUT2D eigenvalue weighted by atomic mass is 10.0. The molecule has 0 saturated heterocycles. The van der Waals surface area contributed by atoms with E-state index < -0.39 is 5.60 Å². The molecule has 2 N–H and O–H groups in total. The molecule has 1 aliphatic carbocycles. The van der Waals surface area contributed by atoms with E-state index >= 15 is 0 Å². The molecular weight excluding hydrogens is 268 g/mol. The summed E-state index contributed by atoms with van der Waals surface area (Å²) in [5, 5.41) is 4.70. The molecule has 1 fully saturated rings. The minimum Gasteiger partial charge on any atom is -0.444 e. The summed E-state index contributed by atoms with van der Waals surface area (Å²) in [5.74, 6) is 0. The van der Waals surface area contributed by atoms with E-state index in [1.165, 1.54) is 18.4 Å². The molecule has 2 heterocycles. The number of fused-ring (bicyclic) bond motifs is 1. The van der Waals surface area contributed by atoms with Crippen molar-refractivity contribution in [1.29, 1.82) is 0 Å². The van der Waals surface area contributed by atoms with Gasteiger partial charge in [-0.1, -0.05) is 0 Å². The van der Waals surface area contributed by atoms with Crippen molar-refractivity contribution in [2.45, 2.75) is 64.8 Å². The van der Waals surface area contributed by atoms with Crippen LogP contribution < -0.4 is 5.73 Å². The Morgan fingerprint density at radius 2 is 2.14 bits per heavy atom. The molecule has 1 saturated carbocycles. The molecule has 21 heavy (non-hydrogen) atoms. The van der Waals surface area contributed by atoms with E-state index in [-0.39, 0.29) is 6.09 Å². The van der Waals surface area contributed by atoms with E-state index in [4.69, 9.17) is 15.6 Å². The lowest BCUT2D eigenvalue weighted by molar-refractivity contribution is 0.0221. The average Bonchev–Trinajstić information content (AvgIpc) is 3.17. The van der Waals surface area contributed by atoms with E-state index in [1.807, 2.05) is 20.8 Å². The fourth-order valence-corrected chi connectivity index (χ4v) is 2.80. The number of nitrogens with two attached hydrogens (primary N) is 1. The lowest BCUT2D eigenvalue weighted by Gasteiger charge is -2.29. The molecule has 2 aliphatic rings. The molecule has 0 unspecified atom stereocenters. The number of nitrogens with zero attached hydrogens (tertiary/aromatic N) is 3. The van der Waals surface area contributed by atoms with Gasteiger partial charge in [0.25, 0.3) is 0 Å². The maximum Gasteiger partial charge on any atom is 0.410 e. The minimum absolute atomic E-state index is 0.261. The van der Waals surface area contributed by atoms with Crippen molar-refractivity contribution in [3.8, 4) is 0 Å². The van der Waals surface area contributed by atoms with Gasteiger partial charge in [0.2, 0.25) is 0 Å². The van der Waals surface area contributed by atoms with Gasteiger partial charge in [0.15, 0.2) is 0 Å². The van der Waals surface area contributed by atoms with Crippen molar-refractivity contribution in [3.05, 3.63) is 17.0 Å². The molecule has 3 rings (SSSR count). The maximum absolute atomic E-state index is 12.2. The number of hydrogen-bond acceptors (Lipinski definition) is 4. The van der Waals surface area contributed by atoms with Gasteiger partial charge in [0.1, 0.15) is 5.60 Å². The Hall–Kier alpha value is -1.56. The molecule has 0 radical (unpaired) electrons. The van der Waals surface area contributed by atoms with Crippen LogP contribution in [0.25, 0.3) is 0 Å². The van der Waals surface area contributed by atoms with Crippen LogP contribution in [0.15, 0.2) is 0 Å². The van der Waals surface area contributed by atoms with Crippen molar-refractivity contribution in [1.82, 2.24) is 14.7 Å². The van der Waals surface area contributed by atoms with Gasteiger partial charge in [0.05, 0.1) is 24.0 Å². The topological polar surface area (TPSA) is 73.4 Å². The fourth-order valence-electron chi connectivity index (χ4n) is 2.80. The van der Waals surface area contributed by atoms with Crippen molar-refractivity contribution in [3.63, 3.8) is 0 Å². The summed E-state index contributed by atoms with van der Waals surface area (Å²) >= 11 is 0. The van der Waals surface area contributed by atoms with Crippen LogP contribution in [0.3, 0.4) is 0 Å². The predicted octanol–water partition coefficient (Wildman–Crippen LogP) is 1.97. The van der Waals surface area contributed by atoms with Gasteiger partial charge < -0.3 is 15.4 Å². The van der Waals surface area contributed by atoms with Gasteiger partial charge in [0, 0.05) is 18.7 Å². The van der Waals surface area contributed by atoms with Crippen molar-refractivity contribution < 1.29 is 9.53 Å². The molecule has 0 spiro atoms. The third kappa shape index (κ3) is 2.90. The van der Waals surface area contributed by atoms with Crippen LogP contribution in [0.5, 0.6) is 0 Å². The second-order valence-electron chi connectivity index (χ2n) is 6.90. The molecule has 1 aliphatic heterocycles. The first-order chi connectivity index (χ1) is 9.89. The highest BCUT2D eigenvalue weighted by Gasteiger charge is 2.33. The molecule has 1 amide bonds. The van der Waals surface area contributed by atoms with Crippen molar-refractivity contribution in [2.75, 3.05) is 6.54 Å². The maximum atomic E-state index is 12.2. The molecule has 6 heteroatoms. The van der Waals surface area contributed by atoms with Crippen LogP contribution in [0.4, 0.5) is 4.79 Å². The third-order valence-corrected chi connectivity index (χ3v) is 3.91.